The highest BCUT2D eigenvalue weighted by Crippen LogP contribution is 2.15. The van der Waals surface area contributed by atoms with E-state index in [0.717, 1.165) is 12.1 Å². The highest BCUT2D eigenvalue weighted by molar-refractivity contribution is 5.78. The predicted molar refractivity (Wildman–Crippen MR) is 87.5 cm³/mol. The summed E-state index contributed by atoms with van der Waals surface area (Å²) in [5.41, 5.74) is 2.31. The highest BCUT2D eigenvalue weighted by atomic mass is 16.2. The summed E-state index contributed by atoms with van der Waals surface area (Å²) in [6, 6.07) is 8.82. The van der Waals surface area contributed by atoms with Crippen LogP contribution in [0.4, 0.5) is 5.69 Å². The summed E-state index contributed by atoms with van der Waals surface area (Å²) in [7, 11) is 4.05. The predicted octanol–water partition coefficient (Wildman–Crippen LogP) is 2.24. The molecule has 0 saturated carbocycles. The molecular formula is C17H27N3O. The SMILES string of the molecule is C[C@@H]1CCCCN1CC(=O)NCc1ccc(N(C)C)cc1. The third kappa shape index (κ3) is 4.74. The molecule has 4 nitrogen and oxygen atoms in total. The van der Waals surface area contributed by atoms with Crippen LogP contribution in [-0.2, 0) is 11.3 Å². The molecule has 4 heteroatoms. The summed E-state index contributed by atoms with van der Waals surface area (Å²) in [6.07, 6.45) is 3.71. The number of anilines is 1. The number of hydrogen-bond donors (Lipinski definition) is 1. The second-order valence-corrected chi connectivity index (χ2v) is 6.15. The van der Waals surface area contributed by atoms with Crippen LogP contribution in [0.25, 0.3) is 0 Å². The maximum atomic E-state index is 12.0. The molecule has 0 spiro atoms. The molecule has 0 aromatic heterocycles. The number of nitrogens with zero attached hydrogens (tertiary/aromatic N) is 2. The Bertz CT molecular complexity index is 456. The van der Waals surface area contributed by atoms with Crippen LogP contribution in [0.15, 0.2) is 24.3 Å². The molecule has 0 aliphatic carbocycles. The van der Waals surface area contributed by atoms with E-state index in [0.29, 0.717) is 19.1 Å². The minimum atomic E-state index is 0.125. The van der Waals surface area contributed by atoms with Crippen molar-refractivity contribution in [2.24, 2.45) is 0 Å². The molecule has 0 radical (unpaired) electrons. The zero-order valence-electron chi connectivity index (χ0n) is 13.4. The lowest BCUT2D eigenvalue weighted by molar-refractivity contribution is -0.123. The Morgan fingerprint density at radius 1 is 1.29 bits per heavy atom. The van der Waals surface area contributed by atoms with Crippen molar-refractivity contribution >= 4 is 11.6 Å². The van der Waals surface area contributed by atoms with Gasteiger partial charge < -0.3 is 10.2 Å². The lowest BCUT2D eigenvalue weighted by atomic mass is 10.0. The summed E-state index contributed by atoms with van der Waals surface area (Å²) in [5.74, 6) is 0.125. The number of likely N-dealkylation sites (tertiary alicyclic amines) is 1. The Kier molecular flexibility index (Phi) is 5.62. The van der Waals surface area contributed by atoms with E-state index >= 15 is 0 Å². The van der Waals surface area contributed by atoms with Gasteiger partial charge in [-0.15, -0.1) is 0 Å². The summed E-state index contributed by atoms with van der Waals surface area (Å²) >= 11 is 0. The quantitative estimate of drug-likeness (QED) is 0.903. The number of carbonyl (C=O) groups is 1. The van der Waals surface area contributed by atoms with Gasteiger partial charge in [-0.3, -0.25) is 9.69 Å². The normalized spacial score (nSPS) is 19.3. The van der Waals surface area contributed by atoms with Gasteiger partial charge in [-0.25, -0.2) is 0 Å². The maximum absolute atomic E-state index is 12.0. The fourth-order valence-corrected chi connectivity index (χ4v) is 2.75. The molecule has 0 unspecified atom stereocenters. The standard InChI is InChI=1S/C17H27N3O/c1-14-6-4-5-11-20(14)13-17(21)18-12-15-7-9-16(10-8-15)19(2)3/h7-10,14H,4-6,11-13H2,1-3H3,(H,18,21)/t14-/m1/s1. The van der Waals surface area contributed by atoms with Crippen molar-refractivity contribution in [1.82, 2.24) is 10.2 Å². The first-order valence-corrected chi connectivity index (χ1v) is 7.83. The van der Waals surface area contributed by atoms with Gasteiger partial charge in [0.05, 0.1) is 6.54 Å². The van der Waals surface area contributed by atoms with E-state index in [4.69, 9.17) is 0 Å². The number of benzene rings is 1. The van der Waals surface area contributed by atoms with Gasteiger partial charge in [0.1, 0.15) is 0 Å². The van der Waals surface area contributed by atoms with Gasteiger partial charge >= 0.3 is 0 Å². The largest absolute Gasteiger partial charge is 0.378 e. The third-order valence-corrected chi connectivity index (χ3v) is 4.23. The van der Waals surface area contributed by atoms with Crippen LogP contribution in [0.3, 0.4) is 0 Å². The van der Waals surface area contributed by atoms with E-state index < -0.39 is 0 Å². The molecule has 1 saturated heterocycles. The topological polar surface area (TPSA) is 35.6 Å². The van der Waals surface area contributed by atoms with Crippen molar-refractivity contribution in [3.8, 4) is 0 Å². The third-order valence-electron chi connectivity index (χ3n) is 4.23. The van der Waals surface area contributed by atoms with E-state index in [9.17, 15) is 4.79 Å². The average molecular weight is 289 g/mol. The molecule has 0 bridgehead atoms. The van der Waals surface area contributed by atoms with E-state index in [1.54, 1.807) is 0 Å². The molecule has 116 valence electrons. The fourth-order valence-electron chi connectivity index (χ4n) is 2.75. The smallest absolute Gasteiger partial charge is 0.234 e. The van der Waals surface area contributed by atoms with Crippen molar-refractivity contribution in [3.05, 3.63) is 29.8 Å². The molecule has 21 heavy (non-hydrogen) atoms. The highest BCUT2D eigenvalue weighted by Gasteiger charge is 2.20. The van der Waals surface area contributed by atoms with Gasteiger partial charge in [0.15, 0.2) is 0 Å². The van der Waals surface area contributed by atoms with Crippen molar-refractivity contribution in [3.63, 3.8) is 0 Å². The first kappa shape index (κ1) is 15.8. The fraction of sp³-hybridized carbons (Fsp3) is 0.588. The second-order valence-electron chi connectivity index (χ2n) is 6.15. The Morgan fingerprint density at radius 2 is 2.00 bits per heavy atom. The Labute approximate surface area is 128 Å². The molecule has 1 N–H and O–H groups in total. The lowest BCUT2D eigenvalue weighted by Crippen LogP contribution is -2.44. The summed E-state index contributed by atoms with van der Waals surface area (Å²) in [4.78, 5) is 16.4. The zero-order valence-corrected chi connectivity index (χ0v) is 13.4. The molecule has 1 amide bonds. The minimum absolute atomic E-state index is 0.125. The summed E-state index contributed by atoms with van der Waals surface area (Å²) in [5, 5.41) is 3.02. The number of hydrogen-bond acceptors (Lipinski definition) is 3. The Balaban J connectivity index is 1.78. The molecule has 1 aliphatic heterocycles. The van der Waals surface area contributed by atoms with E-state index in [1.165, 1.54) is 24.9 Å². The van der Waals surface area contributed by atoms with Gasteiger partial charge in [-0.2, -0.15) is 0 Å². The van der Waals surface area contributed by atoms with Gasteiger partial charge in [0.2, 0.25) is 5.91 Å². The first-order chi connectivity index (χ1) is 10.1. The number of rotatable bonds is 5. The Hall–Kier alpha value is -1.55. The van der Waals surface area contributed by atoms with E-state index in [1.807, 2.05) is 14.1 Å². The maximum Gasteiger partial charge on any atom is 0.234 e. The van der Waals surface area contributed by atoms with Crippen LogP contribution in [-0.4, -0.2) is 44.0 Å². The number of piperidine rings is 1. The van der Waals surface area contributed by atoms with Crippen molar-refractivity contribution in [2.45, 2.75) is 38.8 Å². The molecule has 1 atom stereocenters. The molecule has 1 aromatic carbocycles. The average Bonchev–Trinajstić information content (AvgIpc) is 2.48. The summed E-state index contributed by atoms with van der Waals surface area (Å²) < 4.78 is 0. The molecule has 1 fully saturated rings. The molecule has 2 rings (SSSR count). The minimum Gasteiger partial charge on any atom is -0.378 e. The van der Waals surface area contributed by atoms with Crippen LogP contribution in [0.1, 0.15) is 31.7 Å². The van der Waals surface area contributed by atoms with Crippen LogP contribution >= 0.6 is 0 Å². The molecular weight excluding hydrogens is 262 g/mol. The molecule has 1 heterocycles. The number of nitrogens with one attached hydrogen (secondary N) is 1. The second kappa shape index (κ2) is 7.46. The Morgan fingerprint density at radius 3 is 2.62 bits per heavy atom. The number of carbonyl (C=O) groups excluding carboxylic acids is 1. The zero-order chi connectivity index (χ0) is 15.2. The van der Waals surface area contributed by atoms with Crippen LogP contribution in [0.2, 0.25) is 0 Å². The van der Waals surface area contributed by atoms with Gasteiger partial charge in [0, 0.05) is 32.4 Å². The van der Waals surface area contributed by atoms with E-state index in [2.05, 4.69) is 46.3 Å². The first-order valence-electron chi connectivity index (χ1n) is 7.83. The van der Waals surface area contributed by atoms with Crippen molar-refractivity contribution < 1.29 is 4.79 Å². The number of amides is 1. The van der Waals surface area contributed by atoms with Crippen LogP contribution in [0.5, 0.6) is 0 Å². The summed E-state index contributed by atoms with van der Waals surface area (Å²) in [6.45, 7) is 4.39. The molecule has 1 aliphatic rings. The van der Waals surface area contributed by atoms with Gasteiger partial charge in [-0.05, 0) is 44.0 Å². The van der Waals surface area contributed by atoms with Gasteiger partial charge in [-0.1, -0.05) is 18.6 Å². The molecule has 1 aromatic rings. The van der Waals surface area contributed by atoms with Crippen molar-refractivity contribution in [1.29, 1.82) is 0 Å². The van der Waals surface area contributed by atoms with Crippen LogP contribution < -0.4 is 10.2 Å². The van der Waals surface area contributed by atoms with Gasteiger partial charge in [0.25, 0.3) is 0 Å². The van der Waals surface area contributed by atoms with Crippen molar-refractivity contribution in [2.75, 3.05) is 32.1 Å². The van der Waals surface area contributed by atoms with Crippen LogP contribution in [0, 0.1) is 0 Å². The lowest BCUT2D eigenvalue weighted by Gasteiger charge is -2.32. The van der Waals surface area contributed by atoms with E-state index in [-0.39, 0.29) is 5.91 Å². The monoisotopic (exact) mass is 289 g/mol.